The predicted molar refractivity (Wildman–Crippen MR) is 61.7 cm³/mol. The van der Waals surface area contributed by atoms with Crippen molar-refractivity contribution in [1.29, 1.82) is 0 Å². The second kappa shape index (κ2) is 4.04. The van der Waals surface area contributed by atoms with Crippen molar-refractivity contribution < 1.29 is 13.2 Å². The third-order valence-corrected chi connectivity index (χ3v) is 2.56. The van der Waals surface area contributed by atoms with Gasteiger partial charge in [0, 0.05) is 6.20 Å². The van der Waals surface area contributed by atoms with Crippen LogP contribution in [0.25, 0.3) is 16.7 Å². The van der Waals surface area contributed by atoms with Gasteiger partial charge in [-0.3, -0.25) is 0 Å². The number of benzene rings is 1. The van der Waals surface area contributed by atoms with Crippen LogP contribution in [-0.2, 0) is 6.18 Å². The Kier molecular flexibility index (Phi) is 2.48. The molecule has 0 radical (unpaired) electrons. The summed E-state index contributed by atoms with van der Waals surface area (Å²) in [6.07, 6.45) is -2.01. The van der Waals surface area contributed by atoms with Crippen molar-refractivity contribution in [2.24, 2.45) is 0 Å². The highest BCUT2D eigenvalue weighted by atomic mass is 19.4. The SMILES string of the molecule is FC(F)(F)c1ncc2cnn(-c3ccccc3)c2n1. The normalized spacial score (nSPS) is 11.9. The Morgan fingerprint density at radius 1 is 1.00 bits per heavy atom. The Bertz CT molecular complexity index is 719. The predicted octanol–water partition coefficient (Wildman–Crippen LogP) is 2.83. The first-order valence-corrected chi connectivity index (χ1v) is 5.39. The van der Waals surface area contributed by atoms with E-state index in [1.54, 1.807) is 24.3 Å². The maximum absolute atomic E-state index is 12.6. The summed E-state index contributed by atoms with van der Waals surface area (Å²) in [6.45, 7) is 0. The zero-order valence-corrected chi connectivity index (χ0v) is 9.46. The van der Waals surface area contributed by atoms with Gasteiger partial charge in [0.2, 0.25) is 5.82 Å². The number of aromatic nitrogens is 4. The molecule has 0 fully saturated rings. The molecule has 0 bridgehead atoms. The first-order chi connectivity index (χ1) is 9.05. The number of nitrogens with zero attached hydrogens (tertiary/aromatic N) is 4. The molecule has 96 valence electrons. The third kappa shape index (κ3) is 2.03. The number of hydrogen-bond donors (Lipinski definition) is 0. The molecule has 0 unspecified atom stereocenters. The van der Waals surface area contributed by atoms with Crippen LogP contribution >= 0.6 is 0 Å². The molecule has 0 atom stereocenters. The summed E-state index contributed by atoms with van der Waals surface area (Å²) < 4.78 is 39.2. The van der Waals surface area contributed by atoms with E-state index >= 15 is 0 Å². The third-order valence-electron chi connectivity index (χ3n) is 2.56. The number of fused-ring (bicyclic) bond motifs is 1. The van der Waals surface area contributed by atoms with Gasteiger partial charge in [-0.2, -0.15) is 18.3 Å². The molecule has 3 rings (SSSR count). The Balaban J connectivity index is 2.22. The van der Waals surface area contributed by atoms with Crippen LogP contribution in [0.2, 0.25) is 0 Å². The summed E-state index contributed by atoms with van der Waals surface area (Å²) in [5.41, 5.74) is 0.776. The lowest BCUT2D eigenvalue weighted by Crippen LogP contribution is -2.11. The van der Waals surface area contributed by atoms with E-state index in [0.717, 1.165) is 6.20 Å². The number of alkyl halides is 3. The number of hydrogen-bond acceptors (Lipinski definition) is 3. The Morgan fingerprint density at radius 2 is 1.74 bits per heavy atom. The van der Waals surface area contributed by atoms with Gasteiger partial charge < -0.3 is 0 Å². The molecule has 0 saturated carbocycles. The monoisotopic (exact) mass is 264 g/mol. The molecule has 1 aromatic carbocycles. The van der Waals surface area contributed by atoms with E-state index in [2.05, 4.69) is 15.1 Å². The van der Waals surface area contributed by atoms with Gasteiger partial charge in [0.25, 0.3) is 0 Å². The molecule has 2 heterocycles. The van der Waals surface area contributed by atoms with Gasteiger partial charge in [0.1, 0.15) is 0 Å². The Labute approximate surface area is 105 Å². The van der Waals surface area contributed by atoms with Crippen LogP contribution in [0.1, 0.15) is 5.82 Å². The molecule has 2 aromatic heterocycles. The van der Waals surface area contributed by atoms with E-state index in [0.29, 0.717) is 11.1 Å². The first kappa shape index (κ1) is 11.6. The lowest BCUT2D eigenvalue weighted by molar-refractivity contribution is -0.144. The molecule has 19 heavy (non-hydrogen) atoms. The van der Waals surface area contributed by atoms with Crippen molar-refractivity contribution in [3.8, 4) is 5.69 Å². The standard InChI is InChI=1S/C12H7F3N4/c13-12(14,15)11-16-6-8-7-17-19(10(8)18-11)9-4-2-1-3-5-9/h1-7H. The maximum atomic E-state index is 12.6. The van der Waals surface area contributed by atoms with Crippen LogP contribution in [0.4, 0.5) is 13.2 Å². The van der Waals surface area contributed by atoms with Gasteiger partial charge >= 0.3 is 6.18 Å². The number of para-hydroxylation sites is 1. The van der Waals surface area contributed by atoms with Crippen LogP contribution in [0.5, 0.6) is 0 Å². The minimum absolute atomic E-state index is 0.133. The van der Waals surface area contributed by atoms with E-state index in [9.17, 15) is 13.2 Å². The fourth-order valence-electron chi connectivity index (χ4n) is 1.71. The van der Waals surface area contributed by atoms with Crippen molar-refractivity contribution in [2.45, 2.75) is 6.18 Å². The van der Waals surface area contributed by atoms with Gasteiger partial charge in [-0.15, -0.1) is 0 Å². The summed E-state index contributed by atoms with van der Waals surface area (Å²) in [5.74, 6) is -1.17. The molecule has 0 saturated heterocycles. The highest BCUT2D eigenvalue weighted by Crippen LogP contribution is 2.27. The summed E-state index contributed by atoms with van der Waals surface area (Å²) in [4.78, 5) is 6.84. The van der Waals surface area contributed by atoms with E-state index in [1.165, 1.54) is 10.9 Å². The zero-order valence-electron chi connectivity index (χ0n) is 9.46. The van der Waals surface area contributed by atoms with Crippen molar-refractivity contribution in [3.05, 3.63) is 48.5 Å². The topological polar surface area (TPSA) is 43.6 Å². The van der Waals surface area contributed by atoms with Gasteiger partial charge in [0.05, 0.1) is 17.3 Å². The van der Waals surface area contributed by atoms with Crippen molar-refractivity contribution in [1.82, 2.24) is 19.7 Å². The zero-order chi connectivity index (χ0) is 13.5. The van der Waals surface area contributed by atoms with Crippen molar-refractivity contribution in [2.75, 3.05) is 0 Å². The van der Waals surface area contributed by atoms with Gasteiger partial charge in [0.15, 0.2) is 5.65 Å². The smallest absolute Gasteiger partial charge is 0.232 e. The van der Waals surface area contributed by atoms with Crippen LogP contribution in [-0.4, -0.2) is 19.7 Å². The van der Waals surface area contributed by atoms with Crippen molar-refractivity contribution >= 4 is 11.0 Å². The quantitative estimate of drug-likeness (QED) is 0.678. The molecule has 0 aliphatic heterocycles. The van der Waals surface area contributed by atoms with E-state index in [1.807, 2.05) is 6.07 Å². The molecule has 4 nitrogen and oxygen atoms in total. The molecule has 3 aromatic rings. The number of rotatable bonds is 1. The lowest BCUT2D eigenvalue weighted by Gasteiger charge is -2.05. The largest absolute Gasteiger partial charge is 0.451 e. The van der Waals surface area contributed by atoms with Crippen LogP contribution in [0.15, 0.2) is 42.7 Å². The lowest BCUT2D eigenvalue weighted by atomic mass is 10.3. The molecular weight excluding hydrogens is 257 g/mol. The van der Waals surface area contributed by atoms with Crippen LogP contribution in [0.3, 0.4) is 0 Å². The average Bonchev–Trinajstić information content (AvgIpc) is 2.81. The van der Waals surface area contributed by atoms with E-state index in [-0.39, 0.29) is 5.65 Å². The number of halogens is 3. The molecule has 0 aliphatic rings. The Morgan fingerprint density at radius 3 is 2.42 bits per heavy atom. The van der Waals surface area contributed by atoms with E-state index < -0.39 is 12.0 Å². The van der Waals surface area contributed by atoms with Gasteiger partial charge in [-0.25, -0.2) is 14.6 Å². The first-order valence-electron chi connectivity index (χ1n) is 5.39. The molecule has 0 N–H and O–H groups in total. The summed E-state index contributed by atoms with van der Waals surface area (Å²) in [5, 5.41) is 4.49. The summed E-state index contributed by atoms with van der Waals surface area (Å²) >= 11 is 0. The highest BCUT2D eigenvalue weighted by Gasteiger charge is 2.35. The summed E-state index contributed by atoms with van der Waals surface area (Å²) in [6, 6.07) is 8.83. The fourth-order valence-corrected chi connectivity index (χ4v) is 1.71. The fraction of sp³-hybridized carbons (Fsp3) is 0.0833. The van der Waals surface area contributed by atoms with Crippen LogP contribution in [0, 0.1) is 0 Å². The second-order valence-electron chi connectivity index (χ2n) is 3.86. The molecule has 0 amide bonds. The second-order valence-corrected chi connectivity index (χ2v) is 3.86. The van der Waals surface area contributed by atoms with Crippen molar-refractivity contribution in [3.63, 3.8) is 0 Å². The molecule has 0 spiro atoms. The average molecular weight is 264 g/mol. The molecule has 0 aliphatic carbocycles. The van der Waals surface area contributed by atoms with Gasteiger partial charge in [-0.05, 0) is 12.1 Å². The van der Waals surface area contributed by atoms with E-state index in [4.69, 9.17) is 0 Å². The van der Waals surface area contributed by atoms with Crippen LogP contribution < -0.4 is 0 Å². The van der Waals surface area contributed by atoms with Gasteiger partial charge in [-0.1, -0.05) is 18.2 Å². The maximum Gasteiger partial charge on any atom is 0.451 e. The highest BCUT2D eigenvalue weighted by molar-refractivity contribution is 5.75. The minimum Gasteiger partial charge on any atom is -0.232 e. The molecule has 7 heteroatoms. The minimum atomic E-state index is -4.57. The summed E-state index contributed by atoms with van der Waals surface area (Å²) in [7, 11) is 0. The molecular formula is C12H7F3N4. The Hall–Kier alpha value is -2.44.